The maximum atomic E-state index is 10.7. The number of ether oxygens (including phenoxy) is 1. The van der Waals surface area contributed by atoms with E-state index in [0.29, 0.717) is 17.9 Å². The van der Waals surface area contributed by atoms with Crippen LogP contribution in [0.25, 0.3) is 0 Å². The molecule has 0 aliphatic carbocycles. The van der Waals surface area contributed by atoms with Crippen LogP contribution in [0.3, 0.4) is 0 Å². The second-order valence-electron chi connectivity index (χ2n) is 3.43. The summed E-state index contributed by atoms with van der Waals surface area (Å²) in [5, 5.41) is 11.7. The average molecular weight is 233 g/mol. The quantitative estimate of drug-likeness (QED) is 0.758. The number of benzene rings is 1. The number of rotatable bonds is 4. The van der Waals surface area contributed by atoms with Gasteiger partial charge in [0.1, 0.15) is 5.75 Å². The van der Waals surface area contributed by atoms with Crippen LogP contribution in [0.15, 0.2) is 18.2 Å². The van der Waals surface area contributed by atoms with Crippen LogP contribution < -0.4 is 10.1 Å². The van der Waals surface area contributed by atoms with Crippen LogP contribution in [0.1, 0.15) is 11.1 Å². The summed E-state index contributed by atoms with van der Waals surface area (Å²) in [6, 6.07) is 5.30. The summed E-state index contributed by atoms with van der Waals surface area (Å²) in [4.78, 5) is 10.7. The van der Waals surface area contributed by atoms with Crippen molar-refractivity contribution in [2.24, 2.45) is 0 Å². The molecular formula is C13H15NO3. The predicted octanol–water partition coefficient (Wildman–Crippen LogP) is 0.893. The van der Waals surface area contributed by atoms with E-state index >= 15 is 0 Å². The van der Waals surface area contributed by atoms with Gasteiger partial charge in [0.25, 0.3) is 0 Å². The van der Waals surface area contributed by atoms with Gasteiger partial charge in [-0.2, -0.15) is 0 Å². The van der Waals surface area contributed by atoms with Gasteiger partial charge in [0.05, 0.1) is 20.1 Å². The summed E-state index contributed by atoms with van der Waals surface area (Å²) in [7, 11) is 3.34. The van der Waals surface area contributed by atoms with Crippen molar-refractivity contribution < 1.29 is 14.6 Å². The van der Waals surface area contributed by atoms with Crippen molar-refractivity contribution in [3.8, 4) is 17.6 Å². The van der Waals surface area contributed by atoms with Crippen molar-refractivity contribution in [1.29, 1.82) is 0 Å². The Bertz CT molecular complexity index is 457. The lowest BCUT2D eigenvalue weighted by Crippen LogP contribution is -2.04. The highest BCUT2D eigenvalue weighted by Crippen LogP contribution is 2.20. The molecule has 0 fully saturated rings. The Balaban J connectivity index is 2.97. The van der Waals surface area contributed by atoms with Gasteiger partial charge in [0, 0.05) is 11.1 Å². The molecule has 1 aromatic rings. The fourth-order valence-electron chi connectivity index (χ4n) is 1.39. The molecule has 0 bridgehead atoms. The molecule has 0 aliphatic rings. The Kier molecular flexibility index (Phi) is 5.05. The molecule has 17 heavy (non-hydrogen) atoms. The van der Waals surface area contributed by atoms with Crippen LogP contribution in [0, 0.1) is 11.8 Å². The lowest BCUT2D eigenvalue weighted by molar-refractivity contribution is -0.136. The van der Waals surface area contributed by atoms with Gasteiger partial charge in [-0.15, -0.1) is 0 Å². The van der Waals surface area contributed by atoms with E-state index < -0.39 is 5.97 Å². The molecule has 1 aromatic carbocycles. The highest BCUT2D eigenvalue weighted by molar-refractivity contribution is 5.71. The summed E-state index contributed by atoms with van der Waals surface area (Å²) in [5.74, 6) is 5.56. The van der Waals surface area contributed by atoms with Crippen LogP contribution >= 0.6 is 0 Å². The lowest BCUT2D eigenvalue weighted by Gasteiger charge is -2.06. The maximum Gasteiger partial charge on any atom is 0.307 e. The highest BCUT2D eigenvalue weighted by Gasteiger charge is 2.07. The molecule has 0 aliphatic heterocycles. The van der Waals surface area contributed by atoms with E-state index in [-0.39, 0.29) is 6.42 Å². The number of aliphatic carboxylic acids is 1. The fourth-order valence-corrected chi connectivity index (χ4v) is 1.39. The molecule has 0 unspecified atom stereocenters. The third-order valence-corrected chi connectivity index (χ3v) is 2.12. The van der Waals surface area contributed by atoms with Gasteiger partial charge in [-0.3, -0.25) is 4.79 Å². The summed E-state index contributed by atoms with van der Waals surface area (Å²) < 4.78 is 5.10. The van der Waals surface area contributed by atoms with E-state index in [0.717, 1.165) is 5.56 Å². The van der Waals surface area contributed by atoms with Crippen molar-refractivity contribution in [3.05, 3.63) is 29.3 Å². The number of carboxylic acid groups (broad SMARTS) is 1. The van der Waals surface area contributed by atoms with Gasteiger partial charge in [-0.1, -0.05) is 11.8 Å². The molecule has 0 saturated heterocycles. The maximum absolute atomic E-state index is 10.7. The zero-order valence-electron chi connectivity index (χ0n) is 9.91. The van der Waals surface area contributed by atoms with Gasteiger partial charge in [0.15, 0.2) is 0 Å². The lowest BCUT2D eigenvalue weighted by atomic mass is 10.1. The first kappa shape index (κ1) is 13.1. The number of carbonyl (C=O) groups is 1. The van der Waals surface area contributed by atoms with E-state index in [1.807, 2.05) is 13.1 Å². The number of hydrogen-bond acceptors (Lipinski definition) is 3. The standard InChI is InChI=1S/C13H15NO3/c1-14-7-3-4-10-5-6-12(17-2)11(8-10)9-13(15)16/h5-6,8,14H,7,9H2,1-2H3,(H,15,16). The van der Waals surface area contributed by atoms with Gasteiger partial charge >= 0.3 is 5.97 Å². The SMILES string of the molecule is CNCC#Cc1ccc(OC)c(CC(=O)O)c1. The van der Waals surface area contributed by atoms with Crippen molar-refractivity contribution in [2.75, 3.05) is 20.7 Å². The molecule has 2 N–H and O–H groups in total. The Morgan fingerprint density at radius 1 is 1.53 bits per heavy atom. The summed E-state index contributed by atoms with van der Waals surface area (Å²) in [5.41, 5.74) is 1.42. The van der Waals surface area contributed by atoms with E-state index in [4.69, 9.17) is 9.84 Å². The zero-order valence-corrected chi connectivity index (χ0v) is 9.91. The fraction of sp³-hybridized carbons (Fsp3) is 0.308. The molecular weight excluding hydrogens is 218 g/mol. The Labute approximate surface area is 101 Å². The van der Waals surface area contributed by atoms with E-state index in [1.165, 1.54) is 7.11 Å². The molecule has 0 amide bonds. The van der Waals surface area contributed by atoms with Crippen molar-refractivity contribution in [1.82, 2.24) is 5.32 Å². The molecule has 0 spiro atoms. The first-order chi connectivity index (χ1) is 8.17. The summed E-state index contributed by atoms with van der Waals surface area (Å²) >= 11 is 0. The molecule has 0 saturated carbocycles. The van der Waals surface area contributed by atoms with Crippen molar-refractivity contribution in [3.63, 3.8) is 0 Å². The molecule has 0 heterocycles. The summed E-state index contributed by atoms with van der Waals surface area (Å²) in [6.07, 6.45) is -0.0648. The molecule has 0 radical (unpaired) electrons. The van der Waals surface area contributed by atoms with Gasteiger partial charge < -0.3 is 15.2 Å². The van der Waals surface area contributed by atoms with Crippen molar-refractivity contribution in [2.45, 2.75) is 6.42 Å². The van der Waals surface area contributed by atoms with E-state index in [1.54, 1.807) is 12.1 Å². The van der Waals surface area contributed by atoms with Crippen molar-refractivity contribution >= 4 is 5.97 Å². The third kappa shape index (κ3) is 4.17. The van der Waals surface area contributed by atoms with E-state index in [9.17, 15) is 4.79 Å². The summed E-state index contributed by atoms with van der Waals surface area (Å²) in [6.45, 7) is 0.598. The highest BCUT2D eigenvalue weighted by atomic mass is 16.5. The minimum atomic E-state index is -0.886. The van der Waals surface area contributed by atoms with E-state index in [2.05, 4.69) is 17.2 Å². The van der Waals surface area contributed by atoms with Gasteiger partial charge in [-0.25, -0.2) is 0 Å². The minimum absolute atomic E-state index is 0.0648. The molecule has 0 aromatic heterocycles. The second kappa shape index (κ2) is 6.56. The number of hydrogen-bond donors (Lipinski definition) is 2. The average Bonchev–Trinajstić information content (AvgIpc) is 2.29. The first-order valence-corrected chi connectivity index (χ1v) is 5.19. The van der Waals surface area contributed by atoms with Crippen LogP contribution in [0.4, 0.5) is 0 Å². The van der Waals surface area contributed by atoms with Gasteiger partial charge in [0.2, 0.25) is 0 Å². The van der Waals surface area contributed by atoms with Gasteiger partial charge in [-0.05, 0) is 25.2 Å². The molecule has 4 heteroatoms. The molecule has 90 valence electrons. The molecule has 4 nitrogen and oxygen atoms in total. The van der Waals surface area contributed by atoms with Crippen LogP contribution in [0.5, 0.6) is 5.75 Å². The predicted molar refractivity (Wildman–Crippen MR) is 65.1 cm³/mol. The molecule has 0 atom stereocenters. The minimum Gasteiger partial charge on any atom is -0.496 e. The Hall–Kier alpha value is -1.99. The third-order valence-electron chi connectivity index (χ3n) is 2.12. The topological polar surface area (TPSA) is 58.6 Å². The monoisotopic (exact) mass is 233 g/mol. The number of carboxylic acids is 1. The second-order valence-corrected chi connectivity index (χ2v) is 3.43. The van der Waals surface area contributed by atoms with Crippen LogP contribution in [-0.4, -0.2) is 31.8 Å². The Morgan fingerprint density at radius 2 is 2.29 bits per heavy atom. The smallest absolute Gasteiger partial charge is 0.307 e. The van der Waals surface area contributed by atoms with Crippen LogP contribution in [-0.2, 0) is 11.2 Å². The number of nitrogens with one attached hydrogen (secondary N) is 1. The largest absolute Gasteiger partial charge is 0.496 e. The first-order valence-electron chi connectivity index (χ1n) is 5.19. The molecule has 1 rings (SSSR count). The zero-order chi connectivity index (χ0) is 12.7. The normalized spacial score (nSPS) is 9.29. The van der Waals surface area contributed by atoms with Crippen LogP contribution in [0.2, 0.25) is 0 Å². The Morgan fingerprint density at radius 3 is 2.88 bits per heavy atom. The number of methoxy groups -OCH3 is 1.